The zero-order valence-corrected chi connectivity index (χ0v) is 9.09. The Kier molecular flexibility index (Phi) is 1.72. The standard InChI is InChI=1S/C13H14N2/c1-8-3-5-11-10(7-8)4-6-12-13(11)15-9(2)14-12/h3,5,7H,4,6H2,1-2H3,(H,14,15). The summed E-state index contributed by atoms with van der Waals surface area (Å²) in [5, 5.41) is 0. The normalized spacial score (nSPS) is 13.5. The number of nitrogens with zero attached hydrogens (tertiary/aromatic N) is 1. The molecule has 2 aromatic rings. The van der Waals surface area contributed by atoms with E-state index in [0.29, 0.717) is 0 Å². The van der Waals surface area contributed by atoms with Crippen molar-refractivity contribution in [3.63, 3.8) is 0 Å². The van der Waals surface area contributed by atoms with Crippen LogP contribution in [0.2, 0.25) is 0 Å². The van der Waals surface area contributed by atoms with Gasteiger partial charge in [0, 0.05) is 11.3 Å². The Bertz CT molecular complexity index is 523. The average molecular weight is 198 g/mol. The third-order valence-electron chi connectivity index (χ3n) is 3.06. The molecule has 15 heavy (non-hydrogen) atoms. The van der Waals surface area contributed by atoms with Crippen LogP contribution in [0.3, 0.4) is 0 Å². The first-order valence-corrected chi connectivity index (χ1v) is 5.39. The minimum Gasteiger partial charge on any atom is -0.346 e. The number of hydrogen-bond donors (Lipinski definition) is 1. The molecule has 1 aromatic carbocycles. The second-order valence-electron chi connectivity index (χ2n) is 4.31. The van der Waals surface area contributed by atoms with Crippen molar-refractivity contribution in [3.8, 4) is 11.3 Å². The molecule has 0 fully saturated rings. The maximum atomic E-state index is 4.57. The lowest BCUT2D eigenvalue weighted by Gasteiger charge is -2.15. The summed E-state index contributed by atoms with van der Waals surface area (Å²) in [6.45, 7) is 4.16. The molecule has 0 saturated carbocycles. The molecule has 2 heteroatoms. The van der Waals surface area contributed by atoms with Gasteiger partial charge >= 0.3 is 0 Å². The molecule has 0 unspecified atom stereocenters. The monoisotopic (exact) mass is 198 g/mol. The number of nitrogens with one attached hydrogen (secondary N) is 1. The Hall–Kier alpha value is -1.57. The summed E-state index contributed by atoms with van der Waals surface area (Å²) >= 11 is 0. The molecule has 1 N–H and O–H groups in total. The van der Waals surface area contributed by atoms with E-state index < -0.39 is 0 Å². The Morgan fingerprint density at radius 3 is 2.93 bits per heavy atom. The molecule has 0 bridgehead atoms. The Balaban J connectivity index is 2.25. The van der Waals surface area contributed by atoms with Crippen molar-refractivity contribution in [2.75, 3.05) is 0 Å². The lowest BCUT2D eigenvalue weighted by Crippen LogP contribution is -2.03. The van der Waals surface area contributed by atoms with E-state index in [9.17, 15) is 0 Å². The molecule has 0 amide bonds. The quantitative estimate of drug-likeness (QED) is 0.692. The first kappa shape index (κ1) is 8.72. The van der Waals surface area contributed by atoms with Gasteiger partial charge in [-0.2, -0.15) is 0 Å². The highest BCUT2D eigenvalue weighted by molar-refractivity contribution is 5.69. The number of hydrogen-bond acceptors (Lipinski definition) is 1. The molecule has 1 aliphatic rings. The highest BCUT2D eigenvalue weighted by atomic mass is 14.9. The molecular formula is C13H14N2. The van der Waals surface area contributed by atoms with E-state index in [0.717, 1.165) is 24.4 Å². The molecular weight excluding hydrogens is 184 g/mol. The van der Waals surface area contributed by atoms with Crippen LogP contribution in [0.15, 0.2) is 18.2 Å². The van der Waals surface area contributed by atoms with Crippen LogP contribution in [0.4, 0.5) is 0 Å². The van der Waals surface area contributed by atoms with Gasteiger partial charge in [0.25, 0.3) is 0 Å². The van der Waals surface area contributed by atoms with E-state index >= 15 is 0 Å². The van der Waals surface area contributed by atoms with E-state index in [-0.39, 0.29) is 0 Å². The fourth-order valence-corrected chi connectivity index (χ4v) is 2.36. The zero-order valence-electron chi connectivity index (χ0n) is 9.09. The van der Waals surface area contributed by atoms with Gasteiger partial charge < -0.3 is 4.98 Å². The topological polar surface area (TPSA) is 28.7 Å². The summed E-state index contributed by atoms with van der Waals surface area (Å²) in [7, 11) is 0. The summed E-state index contributed by atoms with van der Waals surface area (Å²) in [5.41, 5.74) is 6.54. The van der Waals surface area contributed by atoms with E-state index in [1.165, 1.54) is 22.4 Å². The smallest absolute Gasteiger partial charge is 0.103 e. The molecule has 0 atom stereocenters. The van der Waals surface area contributed by atoms with Crippen molar-refractivity contribution in [1.82, 2.24) is 9.97 Å². The first-order valence-electron chi connectivity index (χ1n) is 5.39. The molecule has 1 aliphatic carbocycles. The van der Waals surface area contributed by atoms with Gasteiger partial charge in [0.2, 0.25) is 0 Å². The predicted molar refractivity (Wildman–Crippen MR) is 60.9 cm³/mol. The molecule has 0 radical (unpaired) electrons. The van der Waals surface area contributed by atoms with Gasteiger partial charge in [-0.1, -0.05) is 23.8 Å². The summed E-state index contributed by atoms with van der Waals surface area (Å²) in [6.07, 6.45) is 2.22. The van der Waals surface area contributed by atoms with E-state index in [4.69, 9.17) is 0 Å². The minimum absolute atomic E-state index is 1.02. The predicted octanol–water partition coefficient (Wildman–Crippen LogP) is 2.79. The second-order valence-corrected chi connectivity index (χ2v) is 4.31. The molecule has 0 aliphatic heterocycles. The Labute approximate surface area is 89.4 Å². The van der Waals surface area contributed by atoms with Crippen LogP contribution in [0, 0.1) is 13.8 Å². The van der Waals surface area contributed by atoms with Gasteiger partial charge in [0.05, 0.1) is 5.69 Å². The van der Waals surface area contributed by atoms with Crippen molar-refractivity contribution in [2.24, 2.45) is 0 Å². The molecule has 76 valence electrons. The summed E-state index contributed by atoms with van der Waals surface area (Å²) < 4.78 is 0. The summed E-state index contributed by atoms with van der Waals surface area (Å²) in [6, 6.07) is 6.64. The van der Waals surface area contributed by atoms with Crippen LogP contribution in [0.1, 0.15) is 22.6 Å². The van der Waals surface area contributed by atoms with Gasteiger partial charge in [-0.15, -0.1) is 0 Å². The van der Waals surface area contributed by atoms with Crippen molar-refractivity contribution < 1.29 is 0 Å². The van der Waals surface area contributed by atoms with Crippen molar-refractivity contribution >= 4 is 0 Å². The molecule has 1 heterocycles. The lowest BCUT2D eigenvalue weighted by molar-refractivity contribution is 0.903. The Morgan fingerprint density at radius 1 is 1.20 bits per heavy atom. The average Bonchev–Trinajstić information content (AvgIpc) is 2.58. The number of benzene rings is 1. The van der Waals surface area contributed by atoms with Crippen LogP contribution in [0.25, 0.3) is 11.3 Å². The largest absolute Gasteiger partial charge is 0.346 e. The van der Waals surface area contributed by atoms with Crippen molar-refractivity contribution in [2.45, 2.75) is 26.7 Å². The van der Waals surface area contributed by atoms with Crippen molar-refractivity contribution in [3.05, 3.63) is 40.8 Å². The summed E-state index contributed by atoms with van der Waals surface area (Å²) in [5.74, 6) is 1.02. The number of aromatic nitrogens is 2. The second kappa shape index (κ2) is 2.96. The molecule has 2 nitrogen and oxygen atoms in total. The number of aryl methyl sites for hydroxylation is 4. The SMILES string of the molecule is Cc1ccc2c(c1)CCc1[nH]c(C)nc1-2. The fourth-order valence-electron chi connectivity index (χ4n) is 2.36. The Morgan fingerprint density at radius 2 is 2.07 bits per heavy atom. The van der Waals surface area contributed by atoms with Crippen LogP contribution < -0.4 is 0 Å². The van der Waals surface area contributed by atoms with Gasteiger partial charge in [0.15, 0.2) is 0 Å². The third-order valence-corrected chi connectivity index (χ3v) is 3.06. The summed E-state index contributed by atoms with van der Waals surface area (Å²) in [4.78, 5) is 7.91. The van der Waals surface area contributed by atoms with E-state index in [1.54, 1.807) is 0 Å². The van der Waals surface area contributed by atoms with E-state index in [2.05, 4.69) is 35.1 Å². The molecule has 0 spiro atoms. The number of imidazole rings is 1. The van der Waals surface area contributed by atoms with Gasteiger partial charge in [-0.3, -0.25) is 0 Å². The first-order chi connectivity index (χ1) is 7.24. The van der Waals surface area contributed by atoms with Gasteiger partial charge in [-0.05, 0) is 32.3 Å². The maximum Gasteiger partial charge on any atom is 0.103 e. The third kappa shape index (κ3) is 1.29. The van der Waals surface area contributed by atoms with Crippen molar-refractivity contribution in [1.29, 1.82) is 0 Å². The molecule has 0 saturated heterocycles. The van der Waals surface area contributed by atoms with Crippen LogP contribution >= 0.6 is 0 Å². The van der Waals surface area contributed by atoms with Gasteiger partial charge in [0.1, 0.15) is 5.82 Å². The van der Waals surface area contributed by atoms with E-state index in [1.807, 2.05) is 6.92 Å². The number of H-pyrrole nitrogens is 1. The zero-order chi connectivity index (χ0) is 10.4. The number of fused-ring (bicyclic) bond motifs is 3. The highest BCUT2D eigenvalue weighted by Crippen LogP contribution is 2.32. The molecule has 1 aromatic heterocycles. The van der Waals surface area contributed by atoms with Crippen LogP contribution in [-0.2, 0) is 12.8 Å². The fraction of sp³-hybridized carbons (Fsp3) is 0.308. The highest BCUT2D eigenvalue weighted by Gasteiger charge is 2.18. The van der Waals surface area contributed by atoms with Crippen LogP contribution in [0.5, 0.6) is 0 Å². The lowest BCUT2D eigenvalue weighted by atomic mass is 9.91. The number of aromatic amines is 1. The molecule has 3 rings (SSSR count). The number of rotatable bonds is 0. The van der Waals surface area contributed by atoms with Crippen LogP contribution in [-0.4, -0.2) is 9.97 Å². The maximum absolute atomic E-state index is 4.57. The minimum atomic E-state index is 1.02. The van der Waals surface area contributed by atoms with Gasteiger partial charge in [-0.25, -0.2) is 4.98 Å².